The third kappa shape index (κ3) is 4.78. The summed E-state index contributed by atoms with van der Waals surface area (Å²) in [5.41, 5.74) is 2.88. The number of anilines is 2. The molecule has 198 valence electrons. The second-order valence-corrected chi connectivity index (χ2v) is 11.2. The molecular weight excluding hydrogens is 518 g/mol. The highest BCUT2D eigenvalue weighted by molar-refractivity contribution is 8.26. The van der Waals surface area contributed by atoms with Gasteiger partial charge < -0.3 is 14.5 Å². The van der Waals surface area contributed by atoms with E-state index in [1.165, 1.54) is 11.8 Å². The Morgan fingerprint density at radius 1 is 1.11 bits per heavy atom. The van der Waals surface area contributed by atoms with Crippen LogP contribution in [0, 0.1) is 6.92 Å². The minimum absolute atomic E-state index is 0.00243. The molecule has 5 rings (SSSR count). The summed E-state index contributed by atoms with van der Waals surface area (Å²) in [6.45, 7) is 8.89. The summed E-state index contributed by atoms with van der Waals surface area (Å²) in [5.74, 6) is 1.28. The molecule has 38 heavy (non-hydrogen) atoms. The third-order valence-corrected chi connectivity index (χ3v) is 8.54. The molecule has 0 bridgehead atoms. The number of hydrogen-bond acceptors (Lipinski definition) is 8. The molecule has 1 aromatic carbocycles. The molecule has 2 aliphatic rings. The van der Waals surface area contributed by atoms with Crippen LogP contribution >= 0.6 is 24.0 Å². The number of aromatic nitrogens is 2. The molecule has 0 spiro atoms. The molecule has 0 radical (unpaired) electrons. The molecule has 0 aliphatic carbocycles. The first-order valence-electron chi connectivity index (χ1n) is 12.7. The largest absolute Gasteiger partial charge is 0.497 e. The van der Waals surface area contributed by atoms with Gasteiger partial charge in [0.1, 0.15) is 21.5 Å². The predicted octanol–water partition coefficient (Wildman–Crippen LogP) is 4.34. The molecule has 2 fully saturated rings. The number of amides is 1. The summed E-state index contributed by atoms with van der Waals surface area (Å²) in [6, 6.07) is 11.8. The molecule has 2 aliphatic heterocycles. The molecule has 4 heterocycles. The van der Waals surface area contributed by atoms with Gasteiger partial charge in [-0.2, -0.15) is 0 Å². The van der Waals surface area contributed by atoms with Crippen LogP contribution in [0.15, 0.2) is 52.3 Å². The smallest absolute Gasteiger partial charge is 0.267 e. The fraction of sp³-hybridized carbons (Fsp3) is 0.357. The van der Waals surface area contributed by atoms with Crippen LogP contribution in [0.25, 0.3) is 11.7 Å². The highest BCUT2D eigenvalue weighted by Gasteiger charge is 2.35. The van der Waals surface area contributed by atoms with Gasteiger partial charge in [0, 0.05) is 44.1 Å². The van der Waals surface area contributed by atoms with E-state index in [4.69, 9.17) is 21.9 Å². The molecule has 8 nitrogen and oxygen atoms in total. The summed E-state index contributed by atoms with van der Waals surface area (Å²) < 4.78 is 7.37. The number of aryl methyl sites for hydroxylation is 1. The van der Waals surface area contributed by atoms with Crippen LogP contribution in [-0.4, -0.2) is 63.8 Å². The van der Waals surface area contributed by atoms with Crippen LogP contribution in [0.4, 0.5) is 11.5 Å². The number of carbonyl (C=O) groups is 1. The van der Waals surface area contributed by atoms with Gasteiger partial charge in [0.25, 0.3) is 11.5 Å². The van der Waals surface area contributed by atoms with Crippen molar-refractivity contribution in [1.82, 2.24) is 14.3 Å². The van der Waals surface area contributed by atoms with Crippen LogP contribution < -0.4 is 20.1 Å². The van der Waals surface area contributed by atoms with E-state index < -0.39 is 0 Å². The van der Waals surface area contributed by atoms with Crippen molar-refractivity contribution in [1.29, 1.82) is 0 Å². The van der Waals surface area contributed by atoms with Crippen LogP contribution in [0.3, 0.4) is 0 Å². The molecule has 0 saturated carbocycles. The Morgan fingerprint density at radius 2 is 1.79 bits per heavy atom. The highest BCUT2D eigenvalue weighted by Crippen LogP contribution is 2.35. The van der Waals surface area contributed by atoms with E-state index in [-0.39, 0.29) is 17.5 Å². The van der Waals surface area contributed by atoms with Gasteiger partial charge in [0.15, 0.2) is 0 Å². The van der Waals surface area contributed by atoms with Crippen molar-refractivity contribution in [3.8, 4) is 5.75 Å². The molecule has 2 saturated heterocycles. The number of nitrogens with zero attached hydrogens (tertiary/aromatic N) is 5. The van der Waals surface area contributed by atoms with Crippen molar-refractivity contribution in [3.05, 3.63) is 69.0 Å². The molecule has 1 atom stereocenters. The summed E-state index contributed by atoms with van der Waals surface area (Å²) in [6.07, 6.45) is 4.21. The van der Waals surface area contributed by atoms with Crippen LogP contribution in [0.1, 0.15) is 31.4 Å². The zero-order valence-corrected chi connectivity index (χ0v) is 23.6. The maximum Gasteiger partial charge on any atom is 0.267 e. The molecule has 0 unspecified atom stereocenters. The fourth-order valence-electron chi connectivity index (χ4n) is 4.81. The summed E-state index contributed by atoms with van der Waals surface area (Å²) in [5, 5.41) is 0. The molecule has 1 amide bonds. The normalized spacial score (nSPS) is 18.1. The number of methoxy groups -OCH3 is 1. The number of fused-ring (bicyclic) bond motifs is 1. The van der Waals surface area contributed by atoms with E-state index in [1.54, 1.807) is 28.7 Å². The molecule has 3 aromatic rings. The Hall–Kier alpha value is -3.37. The van der Waals surface area contributed by atoms with E-state index in [1.807, 2.05) is 45.0 Å². The number of rotatable bonds is 6. The second-order valence-electron chi connectivity index (χ2n) is 9.52. The Kier molecular flexibility index (Phi) is 7.45. The summed E-state index contributed by atoms with van der Waals surface area (Å²) in [4.78, 5) is 38.6. The number of thiocarbonyl (C=S) groups is 1. The zero-order valence-electron chi connectivity index (χ0n) is 22.0. The first-order chi connectivity index (χ1) is 18.3. The number of hydrogen-bond donors (Lipinski definition) is 0. The van der Waals surface area contributed by atoms with E-state index in [0.29, 0.717) is 39.3 Å². The van der Waals surface area contributed by atoms with Crippen molar-refractivity contribution in [2.45, 2.75) is 33.2 Å². The van der Waals surface area contributed by atoms with Gasteiger partial charge >= 0.3 is 0 Å². The monoisotopic (exact) mass is 549 g/mol. The van der Waals surface area contributed by atoms with Crippen molar-refractivity contribution in [3.63, 3.8) is 0 Å². The molecular formula is C28H31N5O3S2. The second kappa shape index (κ2) is 10.8. The van der Waals surface area contributed by atoms with E-state index >= 15 is 0 Å². The average Bonchev–Trinajstić information content (AvgIpc) is 3.22. The van der Waals surface area contributed by atoms with Gasteiger partial charge in [-0.25, -0.2) is 4.98 Å². The van der Waals surface area contributed by atoms with Crippen molar-refractivity contribution >= 4 is 57.4 Å². The Balaban J connectivity index is 1.52. The van der Waals surface area contributed by atoms with Gasteiger partial charge in [-0.3, -0.25) is 18.9 Å². The lowest BCUT2D eigenvalue weighted by atomic mass is 10.1. The lowest BCUT2D eigenvalue weighted by Crippen LogP contribution is -2.47. The highest BCUT2D eigenvalue weighted by atomic mass is 32.2. The lowest BCUT2D eigenvalue weighted by Gasteiger charge is -2.37. The van der Waals surface area contributed by atoms with Crippen LogP contribution in [0.5, 0.6) is 5.75 Å². The van der Waals surface area contributed by atoms with Gasteiger partial charge in [-0.1, -0.05) is 37.0 Å². The number of ether oxygens (including phenoxy) is 1. The Bertz CT molecular complexity index is 1480. The van der Waals surface area contributed by atoms with E-state index in [0.717, 1.165) is 36.5 Å². The minimum Gasteiger partial charge on any atom is -0.497 e. The maximum atomic E-state index is 13.8. The Morgan fingerprint density at radius 3 is 2.45 bits per heavy atom. The minimum atomic E-state index is -0.194. The van der Waals surface area contributed by atoms with E-state index in [9.17, 15) is 9.59 Å². The van der Waals surface area contributed by atoms with Gasteiger partial charge in [0.05, 0.1) is 17.6 Å². The molecule has 10 heteroatoms. The number of benzene rings is 1. The standard InChI is InChI=1S/C28H31N5O3S2/c1-5-19(3)33-27(35)23(38-28(33)37)17-22-25(29-24-18(2)7-6-12-32(24)26(22)34)31-15-13-30(14-16-31)20-8-10-21(36-4)11-9-20/h6-12,17,19H,5,13-16H2,1-4H3/b23-17-/t19-/m0/s1. The Labute approximate surface area is 231 Å². The zero-order chi connectivity index (χ0) is 27.0. The van der Waals surface area contributed by atoms with Crippen LogP contribution in [0.2, 0.25) is 0 Å². The van der Waals surface area contributed by atoms with Gasteiger partial charge in [0.2, 0.25) is 0 Å². The quantitative estimate of drug-likeness (QED) is 0.332. The van der Waals surface area contributed by atoms with Crippen molar-refractivity contribution in [2.24, 2.45) is 0 Å². The lowest BCUT2D eigenvalue weighted by molar-refractivity contribution is -0.123. The fourth-order valence-corrected chi connectivity index (χ4v) is 6.25. The third-order valence-electron chi connectivity index (χ3n) is 7.21. The molecule has 2 aromatic heterocycles. The number of thioether (sulfide) groups is 1. The maximum absolute atomic E-state index is 13.8. The number of carbonyl (C=O) groups excluding carboxylic acids is 1. The van der Waals surface area contributed by atoms with Crippen molar-refractivity contribution < 1.29 is 9.53 Å². The topological polar surface area (TPSA) is 70.4 Å². The first-order valence-corrected chi connectivity index (χ1v) is 14.0. The van der Waals surface area contributed by atoms with Crippen LogP contribution in [-0.2, 0) is 4.79 Å². The number of pyridine rings is 1. The van der Waals surface area contributed by atoms with Crippen molar-refractivity contribution in [2.75, 3.05) is 43.1 Å². The van der Waals surface area contributed by atoms with Gasteiger partial charge in [-0.05, 0) is 62.2 Å². The first kappa shape index (κ1) is 26.2. The average molecular weight is 550 g/mol. The van der Waals surface area contributed by atoms with E-state index in [2.05, 4.69) is 21.9 Å². The number of piperazine rings is 1. The predicted molar refractivity (Wildman–Crippen MR) is 158 cm³/mol. The summed E-state index contributed by atoms with van der Waals surface area (Å²) >= 11 is 6.77. The summed E-state index contributed by atoms with van der Waals surface area (Å²) in [7, 11) is 1.66. The van der Waals surface area contributed by atoms with Gasteiger partial charge in [-0.15, -0.1) is 0 Å². The molecule has 0 N–H and O–H groups in total. The SMILES string of the molecule is CC[C@H](C)N1C(=O)/C(=C/c2c(N3CCN(c4ccc(OC)cc4)CC3)nc3c(C)cccn3c2=O)SC1=S.